The first-order valence-electron chi connectivity index (χ1n) is 6.98. The Balaban J connectivity index is 1.94. The average molecular weight is 298 g/mol. The highest BCUT2D eigenvalue weighted by atomic mass is 16.2. The van der Waals surface area contributed by atoms with E-state index >= 15 is 0 Å². The number of imide groups is 2. The molecular formula is C16H14N2O4. The Labute approximate surface area is 126 Å². The summed E-state index contributed by atoms with van der Waals surface area (Å²) in [4.78, 5) is 49.0. The molecule has 1 fully saturated rings. The Hall–Kier alpha value is -2.76. The number of fused-ring (bicyclic) bond motifs is 1. The van der Waals surface area contributed by atoms with Crippen molar-refractivity contribution in [1.29, 1.82) is 0 Å². The largest absolute Gasteiger partial charge is 0.295 e. The van der Waals surface area contributed by atoms with Crippen LogP contribution in [0.4, 0.5) is 0 Å². The van der Waals surface area contributed by atoms with Crippen LogP contribution in [0.1, 0.15) is 39.1 Å². The molecular weight excluding hydrogens is 284 g/mol. The van der Waals surface area contributed by atoms with Crippen molar-refractivity contribution in [3.63, 3.8) is 0 Å². The van der Waals surface area contributed by atoms with Gasteiger partial charge in [0.15, 0.2) is 0 Å². The maximum absolute atomic E-state index is 12.5. The maximum Gasteiger partial charge on any atom is 0.262 e. The van der Waals surface area contributed by atoms with E-state index in [1.165, 1.54) is 0 Å². The van der Waals surface area contributed by atoms with Gasteiger partial charge in [-0.1, -0.05) is 12.1 Å². The van der Waals surface area contributed by atoms with Crippen LogP contribution >= 0.6 is 0 Å². The van der Waals surface area contributed by atoms with Crippen molar-refractivity contribution in [1.82, 2.24) is 10.2 Å². The van der Waals surface area contributed by atoms with Crippen molar-refractivity contribution in [2.24, 2.45) is 0 Å². The number of benzene rings is 1. The molecule has 112 valence electrons. The van der Waals surface area contributed by atoms with Gasteiger partial charge in [0.2, 0.25) is 11.8 Å². The molecule has 0 spiro atoms. The molecule has 6 heteroatoms. The van der Waals surface area contributed by atoms with Crippen LogP contribution in [0.5, 0.6) is 0 Å². The van der Waals surface area contributed by atoms with Crippen molar-refractivity contribution >= 4 is 23.6 Å². The van der Waals surface area contributed by atoms with Gasteiger partial charge in [0, 0.05) is 6.42 Å². The highest BCUT2D eigenvalue weighted by molar-refractivity contribution is 6.23. The third kappa shape index (κ3) is 2.13. The van der Waals surface area contributed by atoms with Crippen LogP contribution < -0.4 is 5.32 Å². The van der Waals surface area contributed by atoms with E-state index in [4.69, 9.17) is 0 Å². The van der Waals surface area contributed by atoms with E-state index in [1.54, 1.807) is 24.3 Å². The van der Waals surface area contributed by atoms with Crippen LogP contribution in [0.3, 0.4) is 0 Å². The first-order valence-corrected chi connectivity index (χ1v) is 6.98. The third-order valence-electron chi connectivity index (χ3n) is 3.88. The number of nitrogens with one attached hydrogen (secondary N) is 1. The van der Waals surface area contributed by atoms with Crippen molar-refractivity contribution in [3.05, 3.63) is 47.5 Å². The van der Waals surface area contributed by atoms with E-state index in [9.17, 15) is 19.2 Å². The van der Waals surface area contributed by atoms with E-state index < -0.39 is 23.8 Å². The zero-order valence-corrected chi connectivity index (χ0v) is 11.8. The molecule has 1 atom stereocenters. The number of allylic oxidation sites excluding steroid dienone is 1. The van der Waals surface area contributed by atoms with Crippen LogP contribution in [0.2, 0.25) is 0 Å². The minimum Gasteiger partial charge on any atom is -0.295 e. The van der Waals surface area contributed by atoms with Crippen LogP contribution in [0.25, 0.3) is 0 Å². The summed E-state index contributed by atoms with van der Waals surface area (Å²) in [5.74, 6) is -1.96. The van der Waals surface area contributed by atoms with Gasteiger partial charge in [-0.15, -0.1) is 6.58 Å². The van der Waals surface area contributed by atoms with Crippen LogP contribution in [0, 0.1) is 0 Å². The summed E-state index contributed by atoms with van der Waals surface area (Å²) >= 11 is 0. The Kier molecular flexibility index (Phi) is 3.36. The monoisotopic (exact) mass is 298 g/mol. The molecule has 1 unspecified atom stereocenters. The van der Waals surface area contributed by atoms with E-state index in [0.29, 0.717) is 17.5 Å². The number of hydrogen-bond donors (Lipinski definition) is 1. The first-order chi connectivity index (χ1) is 10.5. The molecule has 0 saturated carbocycles. The zero-order valence-electron chi connectivity index (χ0n) is 11.8. The number of piperidine rings is 1. The summed E-state index contributed by atoms with van der Waals surface area (Å²) in [6, 6.07) is 4.09. The van der Waals surface area contributed by atoms with Crippen LogP contribution in [-0.4, -0.2) is 34.6 Å². The van der Waals surface area contributed by atoms with E-state index in [1.807, 2.05) is 0 Å². The molecule has 0 radical (unpaired) electrons. The predicted octanol–water partition coefficient (Wildman–Crippen LogP) is 0.816. The fourth-order valence-electron chi connectivity index (χ4n) is 2.81. The predicted molar refractivity (Wildman–Crippen MR) is 77.0 cm³/mol. The lowest BCUT2D eigenvalue weighted by molar-refractivity contribution is -0.136. The van der Waals surface area contributed by atoms with Gasteiger partial charge in [-0.3, -0.25) is 29.4 Å². The molecule has 22 heavy (non-hydrogen) atoms. The van der Waals surface area contributed by atoms with E-state index in [-0.39, 0.29) is 18.7 Å². The quantitative estimate of drug-likeness (QED) is 0.661. The normalized spacial score (nSPS) is 20.9. The first kappa shape index (κ1) is 14.2. The molecule has 0 bridgehead atoms. The van der Waals surface area contributed by atoms with Gasteiger partial charge >= 0.3 is 0 Å². The lowest BCUT2D eigenvalue weighted by Crippen LogP contribution is -2.54. The van der Waals surface area contributed by atoms with Gasteiger partial charge in [0.05, 0.1) is 11.1 Å². The Bertz CT molecular complexity index is 723. The Morgan fingerprint density at radius 2 is 1.91 bits per heavy atom. The minimum absolute atomic E-state index is 0.117. The van der Waals surface area contributed by atoms with Gasteiger partial charge in [-0.25, -0.2) is 0 Å². The molecule has 0 aromatic heterocycles. The molecule has 6 nitrogen and oxygen atoms in total. The van der Waals surface area contributed by atoms with E-state index in [2.05, 4.69) is 11.9 Å². The summed E-state index contributed by atoms with van der Waals surface area (Å²) in [5.41, 5.74) is 1.47. The third-order valence-corrected chi connectivity index (χ3v) is 3.88. The number of rotatable bonds is 3. The average Bonchev–Trinajstić information content (AvgIpc) is 2.72. The van der Waals surface area contributed by atoms with Gasteiger partial charge in [0.25, 0.3) is 11.8 Å². The fraction of sp³-hybridized carbons (Fsp3) is 0.250. The molecule has 1 aromatic rings. The van der Waals surface area contributed by atoms with E-state index in [0.717, 1.165) is 10.5 Å². The van der Waals surface area contributed by atoms with Gasteiger partial charge in [0.1, 0.15) is 6.04 Å². The number of carbonyl (C=O) groups is 4. The van der Waals surface area contributed by atoms with Crippen molar-refractivity contribution in [2.75, 3.05) is 0 Å². The number of carbonyl (C=O) groups excluding carboxylic acids is 4. The smallest absolute Gasteiger partial charge is 0.262 e. The van der Waals surface area contributed by atoms with Crippen molar-refractivity contribution < 1.29 is 19.2 Å². The molecule has 2 aliphatic rings. The second kappa shape index (κ2) is 5.22. The second-order valence-electron chi connectivity index (χ2n) is 5.32. The molecule has 1 aromatic carbocycles. The fourth-order valence-corrected chi connectivity index (χ4v) is 2.81. The topological polar surface area (TPSA) is 83.6 Å². The van der Waals surface area contributed by atoms with Crippen molar-refractivity contribution in [2.45, 2.75) is 25.3 Å². The molecule has 0 aliphatic carbocycles. The standard InChI is InChI=1S/C16H14N2O4/c1-2-3-9-4-5-10-11(8-9)16(22)18(15(10)21)12-6-7-13(19)17-14(12)20/h2,4-5,8,12H,1,3,6-7H2,(H,17,19,20). The molecule has 4 amide bonds. The van der Waals surface area contributed by atoms with Gasteiger partial charge in [-0.2, -0.15) is 0 Å². The molecule has 1 N–H and O–H groups in total. The highest BCUT2D eigenvalue weighted by Gasteiger charge is 2.44. The highest BCUT2D eigenvalue weighted by Crippen LogP contribution is 2.28. The Morgan fingerprint density at radius 1 is 1.18 bits per heavy atom. The molecule has 1 saturated heterocycles. The summed E-state index contributed by atoms with van der Waals surface area (Å²) in [7, 11) is 0. The second-order valence-corrected chi connectivity index (χ2v) is 5.32. The summed E-state index contributed by atoms with van der Waals surface area (Å²) in [5, 5.41) is 2.17. The van der Waals surface area contributed by atoms with Gasteiger partial charge in [-0.05, 0) is 30.5 Å². The van der Waals surface area contributed by atoms with Crippen LogP contribution in [-0.2, 0) is 16.0 Å². The van der Waals surface area contributed by atoms with Crippen LogP contribution in [0.15, 0.2) is 30.9 Å². The molecule has 2 heterocycles. The lowest BCUT2D eigenvalue weighted by atomic mass is 10.0. The number of hydrogen-bond acceptors (Lipinski definition) is 4. The van der Waals surface area contributed by atoms with Crippen molar-refractivity contribution in [3.8, 4) is 0 Å². The number of amides is 4. The SMILES string of the molecule is C=CCc1ccc2c(c1)C(=O)N(C1CCC(=O)NC1=O)C2=O. The molecule has 3 rings (SSSR count). The number of nitrogens with zero attached hydrogens (tertiary/aromatic N) is 1. The summed E-state index contributed by atoms with van der Waals surface area (Å²) in [6.07, 6.45) is 2.58. The molecule has 2 aliphatic heterocycles. The Morgan fingerprint density at radius 3 is 2.59 bits per heavy atom. The minimum atomic E-state index is -0.923. The van der Waals surface area contributed by atoms with Gasteiger partial charge < -0.3 is 0 Å². The lowest BCUT2D eigenvalue weighted by Gasteiger charge is -2.27. The summed E-state index contributed by atoms with van der Waals surface area (Å²) < 4.78 is 0. The maximum atomic E-state index is 12.5. The zero-order chi connectivity index (χ0) is 15.9. The summed E-state index contributed by atoms with van der Waals surface area (Å²) in [6.45, 7) is 3.64.